The molecule has 0 aliphatic rings. The number of aliphatic carboxylic acids is 1. The lowest BCUT2D eigenvalue weighted by atomic mass is 9.96. The summed E-state index contributed by atoms with van der Waals surface area (Å²) in [6, 6.07) is 6.62. The van der Waals surface area contributed by atoms with Crippen LogP contribution in [-0.2, 0) is 4.79 Å². The Morgan fingerprint density at radius 1 is 1.10 bits per heavy atom. The zero-order valence-electron chi connectivity index (χ0n) is 19.4. The van der Waals surface area contributed by atoms with Gasteiger partial charge in [0, 0.05) is 13.1 Å². The van der Waals surface area contributed by atoms with Crippen molar-refractivity contribution in [2.45, 2.75) is 66.7 Å². The molecule has 2 rings (SSSR count). The van der Waals surface area contributed by atoms with Crippen LogP contribution in [-0.4, -0.2) is 29.1 Å². The Kier molecular flexibility index (Phi) is 8.33. The number of benzene rings is 1. The normalized spacial score (nSPS) is 12.6. The molecule has 0 bridgehead atoms. The molecule has 1 aromatic heterocycles. The van der Waals surface area contributed by atoms with Gasteiger partial charge in [-0.05, 0) is 41.4 Å². The molecular formula is C24H37N3O3. The summed E-state index contributed by atoms with van der Waals surface area (Å²) >= 11 is 0. The minimum Gasteiger partial charge on any atom is -0.481 e. The minimum absolute atomic E-state index is 0.0865. The third-order valence-electron chi connectivity index (χ3n) is 4.94. The van der Waals surface area contributed by atoms with E-state index >= 15 is 0 Å². The maximum Gasteiger partial charge on any atom is 0.303 e. The monoisotopic (exact) mass is 415 g/mol. The Morgan fingerprint density at radius 3 is 2.23 bits per heavy atom. The molecule has 0 saturated carbocycles. The molecule has 1 heterocycles. The summed E-state index contributed by atoms with van der Waals surface area (Å²) in [6.45, 7) is 16.8. The van der Waals surface area contributed by atoms with Crippen molar-refractivity contribution in [3.05, 3.63) is 35.7 Å². The van der Waals surface area contributed by atoms with Crippen LogP contribution in [0.5, 0.6) is 0 Å². The van der Waals surface area contributed by atoms with Gasteiger partial charge in [0.15, 0.2) is 0 Å². The van der Waals surface area contributed by atoms with Gasteiger partial charge in [-0.1, -0.05) is 54.5 Å². The van der Waals surface area contributed by atoms with Crippen LogP contribution >= 0.6 is 0 Å². The molecule has 0 saturated heterocycles. The first-order valence-corrected chi connectivity index (χ1v) is 10.9. The molecule has 1 unspecified atom stereocenters. The van der Waals surface area contributed by atoms with Gasteiger partial charge in [0.2, 0.25) is 0 Å². The fourth-order valence-electron chi connectivity index (χ4n) is 3.49. The largest absolute Gasteiger partial charge is 0.481 e. The molecule has 30 heavy (non-hydrogen) atoms. The van der Waals surface area contributed by atoms with Crippen LogP contribution in [0.15, 0.2) is 28.9 Å². The highest BCUT2D eigenvalue weighted by Gasteiger charge is 2.19. The van der Waals surface area contributed by atoms with Crippen molar-refractivity contribution in [3.8, 4) is 0 Å². The van der Waals surface area contributed by atoms with Gasteiger partial charge < -0.3 is 19.7 Å². The number of carbonyl (C=O) groups is 1. The lowest BCUT2D eigenvalue weighted by molar-refractivity contribution is -0.137. The van der Waals surface area contributed by atoms with Gasteiger partial charge in [-0.2, -0.15) is 4.98 Å². The maximum atomic E-state index is 11.2. The van der Waals surface area contributed by atoms with Gasteiger partial charge in [0.05, 0.1) is 23.5 Å². The van der Waals surface area contributed by atoms with Crippen molar-refractivity contribution < 1.29 is 14.3 Å². The highest BCUT2D eigenvalue weighted by atomic mass is 16.4. The highest BCUT2D eigenvalue weighted by molar-refractivity contribution is 5.75. The Balaban J connectivity index is 2.45. The summed E-state index contributed by atoms with van der Waals surface area (Å²) in [5, 5.41) is 12.6. The van der Waals surface area contributed by atoms with E-state index < -0.39 is 5.97 Å². The molecule has 0 spiro atoms. The summed E-state index contributed by atoms with van der Waals surface area (Å²) in [5.41, 5.74) is 3.85. The third kappa shape index (κ3) is 6.78. The van der Waals surface area contributed by atoms with Gasteiger partial charge in [0.1, 0.15) is 6.26 Å². The van der Waals surface area contributed by atoms with Gasteiger partial charge >= 0.3 is 5.97 Å². The Morgan fingerprint density at radius 2 is 1.73 bits per heavy atom. The average molecular weight is 416 g/mol. The minimum atomic E-state index is -0.795. The molecule has 166 valence electrons. The maximum absolute atomic E-state index is 11.2. The van der Waals surface area contributed by atoms with E-state index in [0.29, 0.717) is 17.9 Å². The first-order valence-electron chi connectivity index (χ1n) is 10.9. The fraction of sp³-hybridized carbons (Fsp3) is 0.583. The second kappa shape index (κ2) is 10.5. The van der Waals surface area contributed by atoms with Crippen molar-refractivity contribution in [2.24, 2.45) is 11.8 Å². The van der Waals surface area contributed by atoms with Crippen molar-refractivity contribution in [1.29, 1.82) is 0 Å². The van der Waals surface area contributed by atoms with Crippen molar-refractivity contribution in [2.75, 3.05) is 23.3 Å². The van der Waals surface area contributed by atoms with Crippen LogP contribution in [0.4, 0.5) is 17.4 Å². The summed E-state index contributed by atoms with van der Waals surface area (Å²) < 4.78 is 5.66. The number of nitrogens with one attached hydrogen (secondary N) is 1. The second-order valence-electron chi connectivity index (χ2n) is 9.33. The van der Waals surface area contributed by atoms with Crippen molar-refractivity contribution in [1.82, 2.24) is 4.98 Å². The van der Waals surface area contributed by atoms with Gasteiger partial charge in [0.25, 0.3) is 6.01 Å². The number of carboxylic acid groups (broad SMARTS) is 1. The van der Waals surface area contributed by atoms with Crippen molar-refractivity contribution >= 4 is 23.4 Å². The number of carboxylic acids is 1. The number of hydrogen-bond donors (Lipinski definition) is 2. The summed E-state index contributed by atoms with van der Waals surface area (Å²) in [5.74, 6) is 0.421. The Bertz CT molecular complexity index is 817. The summed E-state index contributed by atoms with van der Waals surface area (Å²) in [4.78, 5) is 18.1. The van der Waals surface area contributed by atoms with E-state index in [4.69, 9.17) is 4.42 Å². The van der Waals surface area contributed by atoms with Gasteiger partial charge in [-0.25, -0.2) is 0 Å². The van der Waals surface area contributed by atoms with Crippen LogP contribution in [0, 0.1) is 11.8 Å². The van der Waals surface area contributed by atoms with Crippen LogP contribution in [0.25, 0.3) is 0 Å². The van der Waals surface area contributed by atoms with E-state index in [9.17, 15) is 9.90 Å². The first-order chi connectivity index (χ1) is 14.1. The molecule has 1 aromatic carbocycles. The Labute approximate surface area is 180 Å². The Hall–Kier alpha value is -2.50. The average Bonchev–Trinajstić information content (AvgIpc) is 3.08. The smallest absolute Gasteiger partial charge is 0.303 e. The van der Waals surface area contributed by atoms with Crippen LogP contribution in [0.3, 0.4) is 0 Å². The number of nitrogens with zero attached hydrogens (tertiary/aromatic N) is 2. The molecular weight excluding hydrogens is 378 g/mol. The lowest BCUT2D eigenvalue weighted by Crippen LogP contribution is -2.31. The standard InChI is InChI=1S/C24H37N3O3/c1-15(2)12-27(13-16(3)4)22-9-8-19(18(7)10-23(28)29)11-20(22)25-24-26-21(14-30-24)17(5)6/h8-9,11,14-18H,10,12-13H2,1-7H3,(H,25,26)(H,28,29). The quantitative estimate of drug-likeness (QED) is 0.452. The zero-order chi connectivity index (χ0) is 22.4. The van der Waals surface area contributed by atoms with Gasteiger partial charge in [-0.15, -0.1) is 0 Å². The van der Waals surface area contributed by atoms with Crippen molar-refractivity contribution in [3.63, 3.8) is 0 Å². The SMILES string of the molecule is CC(C)CN(CC(C)C)c1ccc(C(C)CC(=O)O)cc1Nc1nc(C(C)C)co1. The number of hydrogen-bond acceptors (Lipinski definition) is 5. The van der Waals surface area contributed by atoms with E-state index in [1.165, 1.54) is 0 Å². The molecule has 6 heteroatoms. The van der Waals surface area contributed by atoms with E-state index in [1.54, 1.807) is 6.26 Å². The van der Waals surface area contributed by atoms with Crippen LogP contribution < -0.4 is 10.2 Å². The molecule has 1 atom stereocenters. The second-order valence-corrected chi connectivity index (χ2v) is 9.33. The summed E-state index contributed by atoms with van der Waals surface area (Å²) in [7, 11) is 0. The molecule has 0 aliphatic carbocycles. The number of rotatable bonds is 11. The van der Waals surface area contributed by atoms with Gasteiger partial charge in [-0.3, -0.25) is 4.79 Å². The summed E-state index contributed by atoms with van der Waals surface area (Å²) in [6.07, 6.45) is 1.78. The molecule has 6 nitrogen and oxygen atoms in total. The van der Waals surface area contributed by atoms with E-state index in [-0.39, 0.29) is 18.3 Å². The third-order valence-corrected chi connectivity index (χ3v) is 4.94. The van der Waals surface area contributed by atoms with E-state index in [2.05, 4.69) is 62.8 Å². The molecule has 2 aromatic rings. The predicted molar refractivity (Wildman–Crippen MR) is 123 cm³/mol. The number of oxazole rings is 1. The highest BCUT2D eigenvalue weighted by Crippen LogP contribution is 2.34. The molecule has 2 N–H and O–H groups in total. The van der Waals surface area contributed by atoms with E-state index in [1.807, 2.05) is 19.1 Å². The zero-order valence-corrected chi connectivity index (χ0v) is 19.4. The number of aromatic nitrogens is 1. The van der Waals surface area contributed by atoms with E-state index in [0.717, 1.165) is 35.7 Å². The lowest BCUT2D eigenvalue weighted by Gasteiger charge is -2.31. The fourth-order valence-corrected chi connectivity index (χ4v) is 3.49. The topological polar surface area (TPSA) is 78.6 Å². The number of anilines is 3. The molecule has 0 radical (unpaired) electrons. The predicted octanol–water partition coefficient (Wildman–Crippen LogP) is 6.24. The van der Waals surface area contributed by atoms with Crippen LogP contribution in [0.1, 0.15) is 78.0 Å². The first kappa shape index (κ1) is 23.8. The molecule has 0 amide bonds. The van der Waals surface area contributed by atoms with Crippen LogP contribution in [0.2, 0.25) is 0 Å². The molecule has 0 fully saturated rings. The molecule has 0 aliphatic heterocycles.